The van der Waals surface area contributed by atoms with Crippen LogP contribution in [-0.2, 0) is 15.0 Å². The van der Waals surface area contributed by atoms with E-state index in [-0.39, 0.29) is 18.1 Å². The van der Waals surface area contributed by atoms with Crippen LogP contribution in [0.1, 0.15) is 12.8 Å². The van der Waals surface area contributed by atoms with Crippen LogP contribution in [-0.4, -0.2) is 50.1 Å². The number of nitrogens with zero attached hydrogens (tertiary/aromatic N) is 2. The summed E-state index contributed by atoms with van der Waals surface area (Å²) in [5.74, 6) is -1.35. The van der Waals surface area contributed by atoms with E-state index in [1.165, 1.54) is 36.6 Å². The van der Waals surface area contributed by atoms with Gasteiger partial charge in [-0.15, -0.1) is 0 Å². The monoisotopic (exact) mass is 329 g/mol. The standard InChI is InChI=1S/C14H20FN3O3S/c1-17(2)22(20,21)18-9-5-6-11(10-18)14(19)16-13-8-4-3-7-12(13)15/h3-4,7-8,11H,5-6,9-10H2,1-2H3,(H,16,19). The molecule has 0 aromatic heterocycles. The Morgan fingerprint density at radius 3 is 2.68 bits per heavy atom. The molecule has 1 aliphatic rings. The number of para-hydroxylation sites is 1. The zero-order valence-electron chi connectivity index (χ0n) is 12.6. The topological polar surface area (TPSA) is 69.7 Å². The molecule has 122 valence electrons. The van der Waals surface area contributed by atoms with Crippen LogP contribution >= 0.6 is 0 Å². The van der Waals surface area contributed by atoms with Gasteiger partial charge in [0.1, 0.15) is 5.82 Å². The van der Waals surface area contributed by atoms with Crippen molar-refractivity contribution in [3.05, 3.63) is 30.1 Å². The lowest BCUT2D eigenvalue weighted by molar-refractivity contribution is -0.120. The van der Waals surface area contributed by atoms with E-state index in [1.807, 2.05) is 0 Å². The molecule has 1 saturated heterocycles. The quantitative estimate of drug-likeness (QED) is 0.905. The van der Waals surface area contributed by atoms with E-state index in [2.05, 4.69) is 5.32 Å². The Balaban J connectivity index is 2.06. The van der Waals surface area contributed by atoms with Gasteiger partial charge in [0.2, 0.25) is 5.91 Å². The van der Waals surface area contributed by atoms with Gasteiger partial charge >= 0.3 is 0 Å². The van der Waals surface area contributed by atoms with Crippen molar-refractivity contribution in [3.8, 4) is 0 Å². The normalized spacial score (nSPS) is 20.1. The highest BCUT2D eigenvalue weighted by atomic mass is 32.2. The Morgan fingerprint density at radius 1 is 1.36 bits per heavy atom. The van der Waals surface area contributed by atoms with Crippen LogP contribution in [0.4, 0.5) is 10.1 Å². The minimum Gasteiger partial charge on any atom is -0.323 e. The van der Waals surface area contributed by atoms with Crippen molar-refractivity contribution in [2.24, 2.45) is 5.92 Å². The maximum absolute atomic E-state index is 13.6. The number of rotatable bonds is 4. The number of nitrogens with one attached hydrogen (secondary N) is 1. The maximum Gasteiger partial charge on any atom is 0.281 e. The van der Waals surface area contributed by atoms with Crippen molar-refractivity contribution in [2.75, 3.05) is 32.5 Å². The summed E-state index contributed by atoms with van der Waals surface area (Å²) >= 11 is 0. The number of carbonyl (C=O) groups is 1. The van der Waals surface area contributed by atoms with Gasteiger partial charge in [0.15, 0.2) is 0 Å². The molecule has 1 amide bonds. The number of anilines is 1. The molecular weight excluding hydrogens is 309 g/mol. The zero-order valence-corrected chi connectivity index (χ0v) is 13.4. The van der Waals surface area contributed by atoms with E-state index < -0.39 is 21.9 Å². The number of halogens is 1. The summed E-state index contributed by atoms with van der Waals surface area (Å²) in [7, 11) is -0.621. The van der Waals surface area contributed by atoms with Crippen molar-refractivity contribution >= 4 is 21.8 Å². The lowest BCUT2D eigenvalue weighted by Gasteiger charge is -2.32. The van der Waals surface area contributed by atoms with Gasteiger partial charge < -0.3 is 5.32 Å². The first kappa shape index (κ1) is 16.9. The molecule has 1 aromatic rings. The Hall–Kier alpha value is -1.51. The van der Waals surface area contributed by atoms with Gasteiger partial charge in [-0.25, -0.2) is 4.39 Å². The SMILES string of the molecule is CN(C)S(=O)(=O)N1CCCC(C(=O)Nc2ccccc2F)C1. The largest absolute Gasteiger partial charge is 0.323 e. The van der Waals surface area contributed by atoms with Gasteiger partial charge in [-0.05, 0) is 25.0 Å². The Kier molecular flexibility index (Phi) is 5.15. The highest BCUT2D eigenvalue weighted by molar-refractivity contribution is 7.86. The van der Waals surface area contributed by atoms with Crippen LogP contribution in [0, 0.1) is 11.7 Å². The van der Waals surface area contributed by atoms with Crippen LogP contribution < -0.4 is 5.32 Å². The number of hydrogen-bond donors (Lipinski definition) is 1. The van der Waals surface area contributed by atoms with E-state index in [1.54, 1.807) is 6.07 Å². The van der Waals surface area contributed by atoms with Crippen molar-refractivity contribution < 1.29 is 17.6 Å². The first-order valence-corrected chi connectivity index (χ1v) is 8.45. The molecule has 1 aromatic carbocycles. The molecule has 2 rings (SSSR count). The van der Waals surface area contributed by atoms with Crippen LogP contribution in [0.3, 0.4) is 0 Å². The van der Waals surface area contributed by atoms with Crippen molar-refractivity contribution in [2.45, 2.75) is 12.8 Å². The molecule has 0 bridgehead atoms. The molecule has 0 spiro atoms. The third-order valence-corrected chi connectivity index (χ3v) is 5.58. The summed E-state index contributed by atoms with van der Waals surface area (Å²) < 4.78 is 40.2. The molecule has 1 heterocycles. The lowest BCUT2D eigenvalue weighted by Crippen LogP contribution is -2.47. The van der Waals surface area contributed by atoms with E-state index in [0.29, 0.717) is 19.4 Å². The molecule has 1 fully saturated rings. The molecule has 1 unspecified atom stereocenters. The van der Waals surface area contributed by atoms with Crippen molar-refractivity contribution in [1.82, 2.24) is 8.61 Å². The summed E-state index contributed by atoms with van der Waals surface area (Å²) in [6.45, 7) is 0.505. The average Bonchev–Trinajstić information content (AvgIpc) is 2.49. The fraction of sp³-hybridized carbons (Fsp3) is 0.500. The lowest BCUT2D eigenvalue weighted by atomic mass is 9.98. The van der Waals surface area contributed by atoms with Gasteiger partial charge in [-0.2, -0.15) is 17.0 Å². The predicted octanol–water partition coefficient (Wildman–Crippen LogP) is 1.28. The number of benzene rings is 1. The van der Waals surface area contributed by atoms with Crippen LogP contribution in [0.25, 0.3) is 0 Å². The Labute approximate surface area is 130 Å². The summed E-state index contributed by atoms with van der Waals surface area (Å²) in [6, 6.07) is 5.91. The molecule has 1 atom stereocenters. The van der Waals surface area contributed by atoms with Gasteiger partial charge in [0, 0.05) is 27.2 Å². The van der Waals surface area contributed by atoms with Crippen LogP contribution in [0.5, 0.6) is 0 Å². The molecule has 0 radical (unpaired) electrons. The van der Waals surface area contributed by atoms with Gasteiger partial charge in [0.05, 0.1) is 11.6 Å². The van der Waals surface area contributed by atoms with Gasteiger partial charge in [-0.3, -0.25) is 4.79 Å². The molecule has 1 N–H and O–H groups in total. The van der Waals surface area contributed by atoms with Gasteiger partial charge in [-0.1, -0.05) is 12.1 Å². The van der Waals surface area contributed by atoms with E-state index in [9.17, 15) is 17.6 Å². The predicted molar refractivity (Wildman–Crippen MR) is 81.9 cm³/mol. The number of amides is 1. The number of hydrogen-bond acceptors (Lipinski definition) is 3. The highest BCUT2D eigenvalue weighted by Crippen LogP contribution is 2.22. The molecule has 0 aliphatic carbocycles. The summed E-state index contributed by atoms with van der Waals surface area (Å²) in [4.78, 5) is 12.2. The van der Waals surface area contributed by atoms with Crippen LogP contribution in [0.2, 0.25) is 0 Å². The zero-order chi connectivity index (χ0) is 16.3. The Bertz CT molecular complexity index is 648. The summed E-state index contributed by atoms with van der Waals surface area (Å²) in [5.41, 5.74) is 0.111. The molecule has 22 heavy (non-hydrogen) atoms. The van der Waals surface area contributed by atoms with Crippen molar-refractivity contribution in [1.29, 1.82) is 0 Å². The minimum absolute atomic E-state index is 0.111. The molecule has 8 heteroatoms. The number of carbonyl (C=O) groups excluding carboxylic acids is 1. The van der Waals surface area contributed by atoms with Crippen LogP contribution in [0.15, 0.2) is 24.3 Å². The fourth-order valence-electron chi connectivity index (χ4n) is 2.39. The van der Waals surface area contributed by atoms with E-state index in [0.717, 1.165) is 4.31 Å². The number of piperidine rings is 1. The van der Waals surface area contributed by atoms with Crippen molar-refractivity contribution in [3.63, 3.8) is 0 Å². The summed E-state index contributed by atoms with van der Waals surface area (Å²) in [6.07, 6.45) is 1.18. The maximum atomic E-state index is 13.6. The van der Waals surface area contributed by atoms with E-state index in [4.69, 9.17) is 0 Å². The third kappa shape index (κ3) is 3.63. The first-order chi connectivity index (χ1) is 10.3. The average molecular weight is 329 g/mol. The summed E-state index contributed by atoms with van der Waals surface area (Å²) in [5, 5.41) is 2.53. The fourth-order valence-corrected chi connectivity index (χ4v) is 3.58. The smallest absolute Gasteiger partial charge is 0.281 e. The first-order valence-electron chi connectivity index (χ1n) is 7.05. The second-order valence-electron chi connectivity index (χ2n) is 5.46. The second kappa shape index (κ2) is 6.72. The molecular formula is C14H20FN3O3S. The molecule has 6 nitrogen and oxygen atoms in total. The molecule has 1 aliphatic heterocycles. The third-order valence-electron chi connectivity index (χ3n) is 3.67. The highest BCUT2D eigenvalue weighted by Gasteiger charge is 2.33. The molecule has 0 saturated carbocycles. The second-order valence-corrected chi connectivity index (χ2v) is 7.60. The van der Waals surface area contributed by atoms with E-state index >= 15 is 0 Å². The minimum atomic E-state index is -3.53. The Morgan fingerprint density at radius 2 is 2.05 bits per heavy atom. The van der Waals surface area contributed by atoms with Gasteiger partial charge in [0.25, 0.3) is 10.2 Å².